The highest BCUT2D eigenvalue weighted by Crippen LogP contribution is 2.28. The maximum Gasteiger partial charge on any atom is 0.341 e. The van der Waals surface area contributed by atoms with Crippen LogP contribution in [-0.2, 0) is 4.74 Å². The third-order valence-electron chi connectivity index (χ3n) is 3.58. The normalized spacial score (nSPS) is 11.4. The SMILES string of the molecule is COC(=O)c1c(C)oc(-c2ccc(OC)cc2)c1[Si](C)(C)C. The van der Waals surface area contributed by atoms with E-state index in [0.29, 0.717) is 11.3 Å². The van der Waals surface area contributed by atoms with Crippen LogP contribution in [0.4, 0.5) is 0 Å². The van der Waals surface area contributed by atoms with Gasteiger partial charge >= 0.3 is 5.97 Å². The predicted octanol–water partition coefficient (Wildman–Crippen LogP) is 3.60. The second-order valence-electron chi connectivity index (χ2n) is 6.21. The highest BCUT2D eigenvalue weighted by Gasteiger charge is 2.33. The van der Waals surface area contributed by atoms with E-state index in [4.69, 9.17) is 13.9 Å². The summed E-state index contributed by atoms with van der Waals surface area (Å²) in [5.41, 5.74) is 1.52. The highest BCUT2D eigenvalue weighted by atomic mass is 28.3. The molecule has 0 unspecified atom stereocenters. The van der Waals surface area contributed by atoms with E-state index in [0.717, 1.165) is 22.3 Å². The molecule has 0 N–H and O–H groups in total. The minimum absolute atomic E-state index is 0.335. The molecule has 118 valence electrons. The van der Waals surface area contributed by atoms with Crippen molar-refractivity contribution in [1.29, 1.82) is 0 Å². The van der Waals surface area contributed by atoms with Crippen LogP contribution in [0.25, 0.3) is 11.3 Å². The number of hydrogen-bond donors (Lipinski definition) is 0. The summed E-state index contributed by atoms with van der Waals surface area (Å²) >= 11 is 0. The number of benzene rings is 1. The summed E-state index contributed by atoms with van der Waals surface area (Å²) in [5, 5.41) is 1.00. The molecule has 0 spiro atoms. The van der Waals surface area contributed by atoms with E-state index in [-0.39, 0.29) is 5.97 Å². The van der Waals surface area contributed by atoms with Gasteiger partial charge in [-0.05, 0) is 36.4 Å². The lowest BCUT2D eigenvalue weighted by molar-refractivity contribution is 0.0600. The topological polar surface area (TPSA) is 48.7 Å². The maximum atomic E-state index is 12.2. The van der Waals surface area contributed by atoms with Gasteiger partial charge in [0.2, 0.25) is 0 Å². The lowest BCUT2D eigenvalue weighted by Gasteiger charge is -2.18. The summed E-state index contributed by atoms with van der Waals surface area (Å²) in [5.74, 6) is 1.82. The van der Waals surface area contributed by atoms with Crippen LogP contribution in [0.1, 0.15) is 16.1 Å². The van der Waals surface area contributed by atoms with Gasteiger partial charge in [-0.25, -0.2) is 4.79 Å². The molecule has 1 aromatic carbocycles. The molecule has 0 aliphatic rings. The zero-order chi connectivity index (χ0) is 16.5. The molecule has 5 heteroatoms. The van der Waals surface area contributed by atoms with Gasteiger partial charge in [0, 0.05) is 5.56 Å². The van der Waals surface area contributed by atoms with E-state index in [1.54, 1.807) is 7.11 Å². The first-order chi connectivity index (χ1) is 10.3. The van der Waals surface area contributed by atoms with Crippen LogP contribution in [0.5, 0.6) is 5.75 Å². The molecule has 2 aromatic rings. The minimum Gasteiger partial charge on any atom is -0.497 e. The lowest BCUT2D eigenvalue weighted by Crippen LogP contribution is -2.41. The van der Waals surface area contributed by atoms with E-state index in [1.807, 2.05) is 31.2 Å². The van der Waals surface area contributed by atoms with Gasteiger partial charge in [-0.2, -0.15) is 0 Å². The van der Waals surface area contributed by atoms with Crippen LogP contribution in [0.3, 0.4) is 0 Å². The van der Waals surface area contributed by atoms with Gasteiger partial charge in [-0.1, -0.05) is 19.6 Å². The monoisotopic (exact) mass is 318 g/mol. The van der Waals surface area contributed by atoms with Crippen LogP contribution < -0.4 is 9.92 Å². The van der Waals surface area contributed by atoms with Crippen LogP contribution in [0, 0.1) is 6.92 Å². The number of rotatable bonds is 4. The molecule has 2 rings (SSSR count). The van der Waals surface area contributed by atoms with Crippen molar-refractivity contribution < 1.29 is 18.7 Å². The molecule has 0 aliphatic heterocycles. The second kappa shape index (κ2) is 6.00. The first-order valence-corrected chi connectivity index (χ1v) is 10.7. The number of carbonyl (C=O) groups is 1. The number of furan rings is 1. The smallest absolute Gasteiger partial charge is 0.341 e. The number of esters is 1. The van der Waals surface area contributed by atoms with Crippen molar-refractivity contribution in [3.05, 3.63) is 35.6 Å². The molecule has 1 heterocycles. The van der Waals surface area contributed by atoms with Crippen molar-refractivity contribution in [2.75, 3.05) is 14.2 Å². The van der Waals surface area contributed by atoms with Gasteiger partial charge in [0.15, 0.2) is 0 Å². The molecule has 0 aliphatic carbocycles. The maximum absolute atomic E-state index is 12.2. The summed E-state index contributed by atoms with van der Waals surface area (Å²) in [6.07, 6.45) is 0. The van der Waals surface area contributed by atoms with Crippen LogP contribution in [-0.4, -0.2) is 28.3 Å². The Hall–Kier alpha value is -2.01. The van der Waals surface area contributed by atoms with Gasteiger partial charge < -0.3 is 13.9 Å². The molecular formula is C17H22O4Si. The molecule has 0 atom stereocenters. The quantitative estimate of drug-likeness (QED) is 0.638. The largest absolute Gasteiger partial charge is 0.497 e. The first kappa shape index (κ1) is 16.4. The molecule has 0 amide bonds. The Morgan fingerprint density at radius 2 is 1.68 bits per heavy atom. The molecule has 0 fully saturated rings. The van der Waals surface area contributed by atoms with Crippen molar-refractivity contribution in [3.63, 3.8) is 0 Å². The van der Waals surface area contributed by atoms with Gasteiger partial charge in [-0.3, -0.25) is 0 Å². The number of methoxy groups -OCH3 is 2. The molecule has 1 aromatic heterocycles. The molecule has 4 nitrogen and oxygen atoms in total. The molecule has 22 heavy (non-hydrogen) atoms. The van der Waals surface area contributed by atoms with E-state index in [2.05, 4.69) is 19.6 Å². The molecule has 0 bridgehead atoms. The first-order valence-electron chi connectivity index (χ1n) is 7.16. The summed E-state index contributed by atoms with van der Waals surface area (Å²) in [7, 11) is 1.22. The van der Waals surface area contributed by atoms with Crippen molar-refractivity contribution in [2.45, 2.75) is 26.6 Å². The molecule has 0 saturated heterocycles. The number of ether oxygens (including phenoxy) is 2. The standard InChI is InChI=1S/C17H22O4Si/c1-11-14(17(18)20-3)16(22(4,5)6)15(21-11)12-7-9-13(19-2)10-8-12/h7-10H,1-6H3. The summed E-state index contributed by atoms with van der Waals surface area (Å²) in [6.45, 7) is 8.38. The fraction of sp³-hybridized carbons (Fsp3) is 0.353. The number of aryl methyl sites for hydroxylation is 1. The average molecular weight is 318 g/mol. The summed E-state index contributed by atoms with van der Waals surface area (Å²) in [4.78, 5) is 12.2. The molecule has 0 saturated carbocycles. The Bertz CT molecular complexity index is 678. The van der Waals surface area contributed by atoms with Gasteiger partial charge in [0.1, 0.15) is 22.8 Å². The van der Waals surface area contributed by atoms with Gasteiger partial charge in [0.05, 0.1) is 22.3 Å². The fourth-order valence-corrected chi connectivity index (χ4v) is 4.46. The summed E-state index contributed by atoms with van der Waals surface area (Å²) in [6, 6.07) is 7.67. The fourth-order valence-electron chi connectivity index (χ4n) is 2.55. The van der Waals surface area contributed by atoms with E-state index in [9.17, 15) is 4.79 Å². The van der Waals surface area contributed by atoms with Crippen molar-refractivity contribution in [2.24, 2.45) is 0 Å². The Morgan fingerprint density at radius 1 is 1.09 bits per heavy atom. The zero-order valence-corrected chi connectivity index (χ0v) is 14.9. The Labute approximate surface area is 132 Å². The van der Waals surface area contributed by atoms with Crippen molar-refractivity contribution >= 4 is 19.2 Å². The predicted molar refractivity (Wildman–Crippen MR) is 89.8 cm³/mol. The minimum atomic E-state index is -1.81. The lowest BCUT2D eigenvalue weighted by atomic mass is 10.1. The zero-order valence-electron chi connectivity index (χ0n) is 13.9. The third kappa shape index (κ3) is 2.94. The third-order valence-corrected chi connectivity index (χ3v) is 5.55. The van der Waals surface area contributed by atoms with Crippen molar-refractivity contribution in [1.82, 2.24) is 0 Å². The van der Waals surface area contributed by atoms with Gasteiger partial charge in [-0.15, -0.1) is 0 Å². The van der Waals surface area contributed by atoms with Crippen LogP contribution >= 0.6 is 0 Å². The average Bonchev–Trinajstić information content (AvgIpc) is 2.84. The highest BCUT2D eigenvalue weighted by molar-refractivity contribution is 6.90. The Balaban J connectivity index is 2.67. The van der Waals surface area contributed by atoms with E-state index in [1.165, 1.54) is 7.11 Å². The van der Waals surface area contributed by atoms with Gasteiger partial charge in [0.25, 0.3) is 0 Å². The van der Waals surface area contributed by atoms with Crippen LogP contribution in [0.15, 0.2) is 28.7 Å². The Morgan fingerprint density at radius 3 is 2.14 bits per heavy atom. The van der Waals surface area contributed by atoms with Crippen LogP contribution in [0.2, 0.25) is 19.6 Å². The van der Waals surface area contributed by atoms with Crippen molar-refractivity contribution in [3.8, 4) is 17.1 Å². The summed E-state index contributed by atoms with van der Waals surface area (Å²) < 4.78 is 16.1. The Kier molecular flexibility index (Phi) is 4.46. The number of hydrogen-bond acceptors (Lipinski definition) is 4. The molecular weight excluding hydrogens is 296 g/mol. The second-order valence-corrected chi connectivity index (χ2v) is 11.2. The van der Waals surface area contributed by atoms with E-state index >= 15 is 0 Å². The molecule has 0 radical (unpaired) electrons. The van der Waals surface area contributed by atoms with E-state index < -0.39 is 8.07 Å². The number of carbonyl (C=O) groups excluding carboxylic acids is 1.